The van der Waals surface area contributed by atoms with Crippen LogP contribution in [0.25, 0.3) is 0 Å². The normalized spacial score (nSPS) is 5.20. The highest BCUT2D eigenvalue weighted by atomic mass is 13.4. The van der Waals surface area contributed by atoms with E-state index in [9.17, 15) is 0 Å². The molecule has 40 valence electrons. The van der Waals surface area contributed by atoms with Crippen molar-refractivity contribution in [3.63, 3.8) is 0 Å². The molecule has 0 aromatic carbocycles. The fourth-order valence-corrected chi connectivity index (χ4v) is 0. The van der Waals surface area contributed by atoms with E-state index in [-0.39, 0.29) is 16.3 Å². The Kier molecular flexibility index (Phi) is 64.0. The Bertz CT molecular complexity index is 7.64. The van der Waals surface area contributed by atoms with E-state index in [2.05, 4.69) is 13.8 Å². The molecule has 0 aromatic heterocycles. The van der Waals surface area contributed by atoms with Crippen molar-refractivity contribution >= 4 is 0 Å². The Labute approximate surface area is 40.8 Å². The molecule has 0 bridgehead atoms. The predicted octanol–water partition coefficient (Wildman–Crippen LogP) is 3.18. The number of hydrogen-bond donors (Lipinski definition) is 0. The van der Waals surface area contributed by atoms with Gasteiger partial charge in [-0.05, 0) is 0 Å². The first-order valence-electron chi connectivity index (χ1n) is 2.41. The predicted molar refractivity (Wildman–Crippen MR) is 33.7 cm³/mol. The topological polar surface area (TPSA) is 0 Å². The van der Waals surface area contributed by atoms with E-state index >= 15 is 0 Å². The molecule has 5 heavy (non-hydrogen) atoms. The van der Waals surface area contributed by atoms with Gasteiger partial charge in [-0.15, -0.1) is 0 Å². The summed E-state index contributed by atoms with van der Waals surface area (Å²) < 4.78 is 10.0. The molecule has 0 heterocycles. The molecular formula is C5H20. The lowest BCUT2D eigenvalue weighted by atomic mass is 10.6. The zero-order valence-corrected chi connectivity index (χ0v) is 2.71. The second-order valence-corrected chi connectivity index (χ2v) is 0.707. The Morgan fingerprint density at radius 3 is 1.40 bits per heavy atom. The van der Waals surface area contributed by atoms with E-state index in [1.165, 1.54) is 6.42 Å². The van der Waals surface area contributed by atoms with Crippen molar-refractivity contribution in [2.75, 3.05) is 0 Å². The van der Waals surface area contributed by atoms with Gasteiger partial charge in [-0.2, -0.15) is 0 Å². The number of rotatable bonds is 0. The molecule has 0 heteroatoms. The summed E-state index contributed by atoms with van der Waals surface area (Å²) in [6.45, 7) is 4.25. The molecule has 0 radical (unpaired) electrons. The van der Waals surface area contributed by atoms with Crippen LogP contribution >= 0.6 is 0 Å². The third-order valence-electron chi connectivity index (χ3n) is 0. The van der Waals surface area contributed by atoms with Crippen LogP contribution < -0.4 is 0 Å². The maximum absolute atomic E-state index is 5.00. The molecule has 0 fully saturated rings. The van der Waals surface area contributed by atoms with Crippen molar-refractivity contribution in [1.82, 2.24) is 0 Å². The molecule has 0 aliphatic carbocycles. The van der Waals surface area contributed by atoms with Gasteiger partial charge in [-0.1, -0.05) is 35.1 Å². The minimum absolute atomic E-state index is 0. The van der Waals surface area contributed by atoms with Crippen LogP contribution in [-0.2, 0) is 0 Å². The lowest BCUT2D eigenvalue weighted by Gasteiger charge is -1.48. The largest absolute Gasteiger partial charge is 0.0776 e. The van der Waals surface area contributed by atoms with Gasteiger partial charge in [0, 0.05) is 4.40 Å². The Hall–Kier alpha value is 0. The molecule has 0 aromatic rings. The fraction of sp³-hybridized carbons (Fsp3) is 1.00. The summed E-state index contributed by atoms with van der Waals surface area (Å²) in [5, 5.41) is 0. The van der Waals surface area contributed by atoms with E-state index < -0.39 is 0 Å². The molecule has 0 aliphatic rings. The molecule has 0 N–H and O–H groups in total. The smallest absolute Gasteiger partial charge is 0 e. The Morgan fingerprint density at radius 2 is 1.40 bits per heavy atom. The maximum atomic E-state index is 5.00. The Balaban J connectivity index is -0.00000000567. The van der Waals surface area contributed by atoms with Crippen molar-refractivity contribution in [2.24, 2.45) is 0 Å². The van der Waals surface area contributed by atoms with Gasteiger partial charge >= 0.3 is 0 Å². The standard InChI is InChI=1S/C3H8.2CH4.2H2/c1-3-2;;;;/h3H2,1-2H3;2*1H4;2*1H/i;;;1+2T;1+2. The van der Waals surface area contributed by atoms with Gasteiger partial charge in [0.25, 0.3) is 0 Å². The van der Waals surface area contributed by atoms with Crippen LogP contribution in [0, 0.1) is 0 Å². The first-order valence-corrected chi connectivity index (χ1v) is 1.41. The van der Waals surface area contributed by atoms with Crippen molar-refractivity contribution in [3.05, 3.63) is 0 Å². The van der Waals surface area contributed by atoms with E-state index in [1.807, 2.05) is 0 Å². The summed E-state index contributed by atoms with van der Waals surface area (Å²) in [6, 6.07) is 0. The monoisotopic (exact) mass is 86.2 g/mol. The van der Waals surface area contributed by atoms with Crippen LogP contribution in [0.1, 0.15) is 39.5 Å². The van der Waals surface area contributed by atoms with Crippen LogP contribution in [0.2, 0.25) is 0 Å². The fourth-order valence-electron chi connectivity index (χ4n) is 0. The Morgan fingerprint density at radius 1 is 1.40 bits per heavy atom. The first kappa shape index (κ1) is 8.89. The molecule has 0 saturated carbocycles. The van der Waals surface area contributed by atoms with Crippen molar-refractivity contribution < 1.29 is 4.40 Å². The minimum Gasteiger partial charge on any atom is -0.0776 e. The average Bonchev–Trinajstić information content (AvgIpc) is 1.46. The summed E-state index contributed by atoms with van der Waals surface area (Å²) in [7, 11) is 0. The molecule has 0 saturated heterocycles. The zero-order chi connectivity index (χ0) is 4.71. The lowest BCUT2D eigenvalue weighted by Crippen LogP contribution is -1.27. The second-order valence-electron chi connectivity index (χ2n) is 0.707. The summed E-state index contributed by atoms with van der Waals surface area (Å²) in [5.41, 5.74) is 0. The van der Waals surface area contributed by atoms with Gasteiger partial charge in [0.1, 0.15) is 0 Å². The van der Waals surface area contributed by atoms with Gasteiger partial charge < -0.3 is 0 Å². The van der Waals surface area contributed by atoms with Gasteiger partial charge in [0.2, 0.25) is 0 Å². The summed E-state index contributed by atoms with van der Waals surface area (Å²) in [6.07, 6.45) is 1.25. The van der Waals surface area contributed by atoms with Gasteiger partial charge in [-0.25, -0.2) is 0 Å². The van der Waals surface area contributed by atoms with Gasteiger partial charge in [0.15, 0.2) is 0 Å². The molecular weight excluding hydrogens is 60.1 g/mol. The van der Waals surface area contributed by atoms with E-state index in [0.29, 0.717) is 0 Å². The first-order chi connectivity index (χ1) is 2.41. The van der Waals surface area contributed by atoms with E-state index in [1.54, 1.807) is 0 Å². The van der Waals surface area contributed by atoms with Gasteiger partial charge in [-0.3, -0.25) is 0 Å². The average molecular weight is 86.2 g/mol. The minimum atomic E-state index is 0. The third-order valence-corrected chi connectivity index (χ3v) is 0. The third kappa shape index (κ3) is 0. The summed E-state index contributed by atoms with van der Waals surface area (Å²) in [5.74, 6) is 0. The molecule has 0 amide bonds. The van der Waals surface area contributed by atoms with Crippen LogP contribution in [0.5, 0.6) is 0 Å². The molecule has 0 atom stereocenters. The molecule has 0 spiro atoms. The highest BCUT2D eigenvalue weighted by Gasteiger charge is 1.35. The molecule has 0 nitrogen and oxygen atoms in total. The van der Waals surface area contributed by atoms with Crippen molar-refractivity contribution in [1.29, 1.82) is 0 Å². The SMILES string of the molecule is C.C.CCC.[3HH].[3H][3H]. The molecule has 0 aliphatic heterocycles. The van der Waals surface area contributed by atoms with Crippen molar-refractivity contribution in [2.45, 2.75) is 35.1 Å². The van der Waals surface area contributed by atoms with E-state index in [0.717, 1.165) is 0 Å². The van der Waals surface area contributed by atoms with Crippen LogP contribution in [0.4, 0.5) is 0 Å². The highest BCUT2D eigenvalue weighted by molar-refractivity contribution is 3.92. The molecule has 0 rings (SSSR count). The maximum Gasteiger partial charge on any atom is 0 e. The van der Waals surface area contributed by atoms with Crippen LogP contribution in [0.15, 0.2) is 0 Å². The highest BCUT2D eigenvalue weighted by Crippen LogP contribution is 1.56. The quantitative estimate of drug-likeness (QED) is 0.424. The van der Waals surface area contributed by atoms with Gasteiger partial charge in [0.05, 0.1) is 0 Å². The molecule has 0 unspecified atom stereocenters. The van der Waals surface area contributed by atoms with Crippen LogP contribution in [0.3, 0.4) is 0 Å². The zero-order valence-electron chi connectivity index (χ0n) is 4.71. The van der Waals surface area contributed by atoms with E-state index in [4.69, 9.17) is 2.97 Å². The summed E-state index contributed by atoms with van der Waals surface area (Å²) >= 11 is 0. The lowest BCUT2D eigenvalue weighted by molar-refractivity contribution is 1.09. The number of hydrogen-bond acceptors (Lipinski definition) is 0. The second kappa shape index (κ2) is 36.0. The van der Waals surface area contributed by atoms with Crippen molar-refractivity contribution in [3.8, 4) is 0 Å². The summed E-state index contributed by atoms with van der Waals surface area (Å²) in [4.78, 5) is 0. The van der Waals surface area contributed by atoms with Crippen LogP contribution in [-0.4, -0.2) is 0 Å².